The fourth-order valence-electron chi connectivity index (χ4n) is 0.122. The predicted molar refractivity (Wildman–Crippen MR) is 31.5 cm³/mol. The molecule has 1 unspecified atom stereocenters. The van der Waals surface area contributed by atoms with Gasteiger partial charge >= 0.3 is 55.5 Å². The molecule has 0 amide bonds. The first-order valence-electron chi connectivity index (χ1n) is 1.83. The minimum absolute atomic E-state index is 0.0706. The molecule has 0 fully saturated rings. The Balaban J connectivity index is 4.04. The van der Waals surface area contributed by atoms with E-state index < -0.39 is 14.3 Å². The summed E-state index contributed by atoms with van der Waals surface area (Å²) in [5.74, 6) is 0. The van der Waals surface area contributed by atoms with Gasteiger partial charge in [0.15, 0.2) is 0 Å². The monoisotopic (exact) mass is 205 g/mol. The van der Waals surface area contributed by atoms with E-state index in [4.69, 9.17) is 10.3 Å². The van der Waals surface area contributed by atoms with E-state index in [0.717, 1.165) is 0 Å². The number of hydrogen-bond donors (Lipinski definition) is 2. The summed E-state index contributed by atoms with van der Waals surface area (Å²) in [5, 5.41) is 0. The molecule has 0 heterocycles. The van der Waals surface area contributed by atoms with Crippen molar-refractivity contribution < 1.29 is 13.0 Å². The van der Waals surface area contributed by atoms with Gasteiger partial charge in [0.1, 0.15) is 0 Å². The Bertz CT molecular complexity index is 153. The number of rotatable bonds is 2. The molecular weight excluding hydrogens is 197 g/mol. The first kappa shape index (κ1) is 8.39. The van der Waals surface area contributed by atoms with Gasteiger partial charge in [0.05, 0.1) is 0 Å². The van der Waals surface area contributed by atoms with Crippen LogP contribution < -0.4 is 5.73 Å². The maximum absolute atomic E-state index is 10.0. The summed E-state index contributed by atoms with van der Waals surface area (Å²) < 4.78 is 27.3. The van der Waals surface area contributed by atoms with E-state index in [1.54, 1.807) is 16.0 Å². The van der Waals surface area contributed by atoms with E-state index in [0.29, 0.717) is 0 Å². The second-order valence-corrected chi connectivity index (χ2v) is 4.87. The zero-order valence-corrected chi connectivity index (χ0v) is 6.67. The van der Waals surface area contributed by atoms with Gasteiger partial charge in [-0.1, -0.05) is 0 Å². The predicted octanol–water partition coefficient (Wildman–Crippen LogP) is -1.94. The summed E-state index contributed by atoms with van der Waals surface area (Å²) in [6, 6.07) is 0. The Kier molecular flexibility index (Phi) is 2.93. The van der Waals surface area contributed by atoms with Crippen molar-refractivity contribution in [3.63, 3.8) is 0 Å². The molecule has 0 spiro atoms. The fourth-order valence-corrected chi connectivity index (χ4v) is 0.365. The van der Waals surface area contributed by atoms with Gasteiger partial charge in [-0.3, -0.25) is 0 Å². The Labute approximate surface area is 56.0 Å². The van der Waals surface area contributed by atoms with Crippen LogP contribution in [-0.2, 0) is 10.1 Å². The molecule has 50 valence electrons. The van der Waals surface area contributed by atoms with E-state index in [1.807, 2.05) is 0 Å². The van der Waals surface area contributed by atoms with Crippen molar-refractivity contribution >= 4 is 26.1 Å². The molecular formula is C2H7NO3SSe. The molecule has 0 aromatic heterocycles. The number of hydrogen-bond acceptors (Lipinski definition) is 3. The second kappa shape index (κ2) is 2.79. The van der Waals surface area contributed by atoms with Crippen molar-refractivity contribution in [1.82, 2.24) is 0 Å². The van der Waals surface area contributed by atoms with Crippen molar-refractivity contribution in [3.8, 4) is 0 Å². The Morgan fingerprint density at radius 2 is 2.12 bits per heavy atom. The van der Waals surface area contributed by atoms with Gasteiger partial charge in [0.2, 0.25) is 0 Å². The minimum atomic E-state index is -3.91. The second-order valence-electron chi connectivity index (χ2n) is 1.21. The quantitative estimate of drug-likeness (QED) is 0.405. The molecule has 0 saturated heterocycles. The molecule has 0 bridgehead atoms. The molecule has 8 heavy (non-hydrogen) atoms. The summed E-state index contributed by atoms with van der Waals surface area (Å²) in [5.41, 5.74) is 4.90. The summed E-state index contributed by atoms with van der Waals surface area (Å²) >= 11 is 1.77. The van der Waals surface area contributed by atoms with Crippen LogP contribution in [0, 0.1) is 0 Å². The van der Waals surface area contributed by atoms with Crippen LogP contribution in [0.1, 0.15) is 0 Å². The molecule has 0 aromatic carbocycles. The van der Waals surface area contributed by atoms with Gasteiger partial charge in [-0.25, -0.2) is 0 Å². The van der Waals surface area contributed by atoms with Crippen LogP contribution in [-0.4, -0.2) is 39.7 Å². The average molecular weight is 204 g/mol. The third kappa shape index (κ3) is 2.64. The molecule has 0 radical (unpaired) electrons. The van der Waals surface area contributed by atoms with E-state index in [-0.39, 0.29) is 6.54 Å². The van der Waals surface area contributed by atoms with Crippen LogP contribution >= 0.6 is 0 Å². The molecule has 0 aliphatic heterocycles. The van der Waals surface area contributed by atoms with E-state index in [2.05, 4.69) is 0 Å². The molecule has 0 aromatic rings. The third-order valence-electron chi connectivity index (χ3n) is 0.545. The van der Waals surface area contributed by atoms with Crippen LogP contribution in [0.2, 0.25) is 0 Å². The van der Waals surface area contributed by atoms with Gasteiger partial charge in [0.25, 0.3) is 0 Å². The molecule has 0 rings (SSSR count). The van der Waals surface area contributed by atoms with Gasteiger partial charge < -0.3 is 0 Å². The summed E-state index contributed by atoms with van der Waals surface area (Å²) in [6.07, 6.45) is 0. The van der Waals surface area contributed by atoms with Crippen molar-refractivity contribution in [3.05, 3.63) is 0 Å². The summed E-state index contributed by atoms with van der Waals surface area (Å²) in [6.45, 7) is -0.0706. The van der Waals surface area contributed by atoms with Crippen molar-refractivity contribution in [2.24, 2.45) is 5.73 Å². The molecule has 1 atom stereocenters. The normalized spacial score (nSPS) is 15.9. The molecule has 6 heteroatoms. The number of nitrogens with two attached hydrogens (primary N) is 1. The molecule has 3 N–H and O–H groups in total. The topological polar surface area (TPSA) is 80.4 Å². The van der Waals surface area contributed by atoms with Crippen LogP contribution in [0.4, 0.5) is 0 Å². The molecule has 4 nitrogen and oxygen atoms in total. The average Bonchev–Trinajstić information content (AvgIpc) is 1.62. The third-order valence-corrected chi connectivity index (χ3v) is 3.54. The summed E-state index contributed by atoms with van der Waals surface area (Å²) in [4.78, 5) is 0. The van der Waals surface area contributed by atoms with E-state index in [9.17, 15) is 8.42 Å². The first-order valence-corrected chi connectivity index (χ1v) is 4.41. The molecule has 0 aliphatic rings. The SMILES string of the molecule is NCC([SeH])S(=O)(=O)O. The van der Waals surface area contributed by atoms with Gasteiger partial charge in [-0.05, 0) is 0 Å². The zero-order chi connectivity index (χ0) is 6.78. The van der Waals surface area contributed by atoms with Crippen LogP contribution in [0.15, 0.2) is 0 Å². The van der Waals surface area contributed by atoms with Gasteiger partial charge in [0, 0.05) is 0 Å². The van der Waals surface area contributed by atoms with Crippen LogP contribution in [0.3, 0.4) is 0 Å². The molecule has 0 saturated carbocycles. The van der Waals surface area contributed by atoms with Gasteiger partial charge in [-0.15, -0.1) is 0 Å². The van der Waals surface area contributed by atoms with E-state index in [1.165, 1.54) is 0 Å². The van der Waals surface area contributed by atoms with E-state index >= 15 is 0 Å². The van der Waals surface area contributed by atoms with Crippen molar-refractivity contribution in [2.45, 2.75) is 4.15 Å². The van der Waals surface area contributed by atoms with Crippen molar-refractivity contribution in [2.75, 3.05) is 6.54 Å². The molecule has 0 aliphatic carbocycles. The standard InChI is InChI=1S/C2H7NO3SSe/c3-1-2(8)7(4,5)6/h2,8H,1,3H2,(H,4,5,6). The van der Waals surface area contributed by atoms with Gasteiger partial charge in [-0.2, -0.15) is 0 Å². The summed E-state index contributed by atoms with van der Waals surface area (Å²) in [7, 11) is -3.91. The maximum atomic E-state index is 10.0. The Morgan fingerprint density at radius 1 is 1.75 bits per heavy atom. The Hall–Kier alpha value is 0.389. The van der Waals surface area contributed by atoms with Crippen molar-refractivity contribution in [1.29, 1.82) is 0 Å². The zero-order valence-electron chi connectivity index (χ0n) is 3.98. The fraction of sp³-hybridized carbons (Fsp3) is 1.00. The first-order chi connectivity index (χ1) is 3.48. The van der Waals surface area contributed by atoms with Crippen LogP contribution in [0.25, 0.3) is 0 Å². The van der Waals surface area contributed by atoms with Crippen LogP contribution in [0.5, 0.6) is 0 Å². The Morgan fingerprint density at radius 3 is 2.12 bits per heavy atom.